The molecule has 0 radical (unpaired) electrons. The van der Waals surface area contributed by atoms with Gasteiger partial charge in [0.25, 0.3) is 0 Å². The molecule has 1 rings (SSSR count). The number of hydrogen-bond acceptors (Lipinski definition) is 3. The highest BCUT2D eigenvalue weighted by Gasteiger charge is 2.24. The molecule has 1 aliphatic heterocycles. The summed E-state index contributed by atoms with van der Waals surface area (Å²) in [5.41, 5.74) is 5.71. The Morgan fingerprint density at radius 3 is 2.92 bits per heavy atom. The molecule has 13 heavy (non-hydrogen) atoms. The molecule has 74 valence electrons. The molecule has 0 aromatic heterocycles. The quantitative estimate of drug-likeness (QED) is 0.436. The number of nitrogens with zero attached hydrogens (tertiary/aromatic N) is 2. The highest BCUT2D eigenvalue weighted by molar-refractivity contribution is 5.99. The molecular formula is C9H17N3O. The summed E-state index contributed by atoms with van der Waals surface area (Å²) >= 11 is 0. The number of amidine groups is 1. The van der Waals surface area contributed by atoms with Gasteiger partial charge in [-0.3, -0.25) is 14.7 Å². The summed E-state index contributed by atoms with van der Waals surface area (Å²) < 4.78 is 0. The number of carbonyl (C=O) groups is 1. The zero-order valence-corrected chi connectivity index (χ0v) is 8.29. The van der Waals surface area contributed by atoms with Crippen LogP contribution in [0.3, 0.4) is 0 Å². The second kappa shape index (κ2) is 4.37. The second-order valence-corrected chi connectivity index (χ2v) is 3.36. The van der Waals surface area contributed by atoms with Crippen LogP contribution in [-0.2, 0) is 4.79 Å². The minimum Gasteiger partial charge on any atom is -0.320 e. The van der Waals surface area contributed by atoms with E-state index in [9.17, 15) is 4.79 Å². The van der Waals surface area contributed by atoms with Gasteiger partial charge in [0.05, 0.1) is 6.04 Å². The molecule has 4 heteroatoms. The lowest BCUT2D eigenvalue weighted by molar-refractivity contribution is -0.128. The Kier molecular flexibility index (Phi) is 3.42. The molecule has 1 saturated heterocycles. The third-order valence-corrected chi connectivity index (χ3v) is 2.44. The van der Waals surface area contributed by atoms with Gasteiger partial charge < -0.3 is 5.73 Å². The maximum atomic E-state index is 11.7. The van der Waals surface area contributed by atoms with E-state index < -0.39 is 0 Å². The third kappa shape index (κ3) is 2.28. The highest BCUT2D eigenvalue weighted by atomic mass is 16.2. The zero-order chi connectivity index (χ0) is 9.84. The molecular weight excluding hydrogens is 166 g/mol. The van der Waals surface area contributed by atoms with Crippen LogP contribution in [0.2, 0.25) is 0 Å². The average Bonchev–Trinajstić information content (AvgIpc) is 2.29. The number of rotatable bonds is 0. The Morgan fingerprint density at radius 1 is 1.62 bits per heavy atom. The van der Waals surface area contributed by atoms with Crippen LogP contribution in [0.5, 0.6) is 0 Å². The number of nitrogens with two attached hydrogens (primary N) is 1. The van der Waals surface area contributed by atoms with Gasteiger partial charge >= 0.3 is 0 Å². The van der Waals surface area contributed by atoms with Gasteiger partial charge in [-0.25, -0.2) is 0 Å². The molecule has 1 fully saturated rings. The maximum Gasteiger partial charge on any atom is 0.244 e. The lowest BCUT2D eigenvalue weighted by atomic mass is 10.1. The summed E-state index contributed by atoms with van der Waals surface area (Å²) in [4.78, 5) is 17.4. The Hall–Kier alpha value is -0.900. The van der Waals surface area contributed by atoms with Crippen LogP contribution in [0.4, 0.5) is 0 Å². The van der Waals surface area contributed by atoms with Crippen molar-refractivity contribution in [2.24, 2.45) is 10.7 Å². The molecule has 2 N–H and O–H groups in total. The van der Waals surface area contributed by atoms with Gasteiger partial charge in [-0.05, 0) is 26.2 Å². The van der Waals surface area contributed by atoms with Crippen LogP contribution >= 0.6 is 0 Å². The average molecular weight is 183 g/mol. The predicted molar refractivity (Wildman–Crippen MR) is 52.6 cm³/mol. The van der Waals surface area contributed by atoms with Gasteiger partial charge in [0.2, 0.25) is 5.91 Å². The second-order valence-electron chi connectivity index (χ2n) is 3.36. The lowest BCUT2D eigenvalue weighted by Crippen LogP contribution is -2.44. The fraction of sp³-hybridized carbons (Fsp3) is 0.778. The first-order chi connectivity index (χ1) is 6.16. The summed E-state index contributed by atoms with van der Waals surface area (Å²) in [5, 5.41) is 0. The van der Waals surface area contributed by atoms with Gasteiger partial charge in [0, 0.05) is 13.6 Å². The van der Waals surface area contributed by atoms with Gasteiger partial charge in [-0.2, -0.15) is 0 Å². The monoisotopic (exact) mass is 183 g/mol. The van der Waals surface area contributed by atoms with Crippen molar-refractivity contribution in [2.75, 3.05) is 13.6 Å². The minimum absolute atomic E-state index is 0.0144. The zero-order valence-electron chi connectivity index (χ0n) is 8.29. The van der Waals surface area contributed by atoms with Crippen molar-refractivity contribution in [3.63, 3.8) is 0 Å². The minimum atomic E-state index is -0.334. The highest BCUT2D eigenvalue weighted by Crippen LogP contribution is 2.10. The summed E-state index contributed by atoms with van der Waals surface area (Å²) in [6, 6.07) is -0.334. The van der Waals surface area contributed by atoms with E-state index in [1.807, 2.05) is 6.92 Å². The number of aliphatic imine (C=N–C) groups is 1. The van der Waals surface area contributed by atoms with Crippen molar-refractivity contribution in [3.05, 3.63) is 0 Å². The molecule has 1 heterocycles. The largest absolute Gasteiger partial charge is 0.320 e. The normalized spacial score (nSPS) is 26.1. The fourth-order valence-electron chi connectivity index (χ4n) is 1.51. The van der Waals surface area contributed by atoms with Gasteiger partial charge in [0.1, 0.15) is 5.84 Å². The van der Waals surface area contributed by atoms with Crippen molar-refractivity contribution in [2.45, 2.75) is 32.2 Å². The van der Waals surface area contributed by atoms with E-state index in [-0.39, 0.29) is 11.9 Å². The molecule has 0 aromatic carbocycles. The molecule has 1 amide bonds. The molecule has 0 bridgehead atoms. The topological polar surface area (TPSA) is 58.7 Å². The molecule has 1 aliphatic rings. The van der Waals surface area contributed by atoms with Crippen LogP contribution in [-0.4, -0.2) is 36.3 Å². The number of hydrogen-bond donors (Lipinski definition) is 1. The molecule has 4 nitrogen and oxygen atoms in total. The molecule has 0 aliphatic carbocycles. The SMILES string of the molecule is CN=C(C)N1CCCC[C@H](N)C1=O. The van der Waals surface area contributed by atoms with E-state index in [0.29, 0.717) is 0 Å². The van der Waals surface area contributed by atoms with Crippen LogP contribution in [0.15, 0.2) is 4.99 Å². The summed E-state index contributed by atoms with van der Waals surface area (Å²) in [6.45, 7) is 2.60. The molecule has 0 unspecified atom stereocenters. The summed E-state index contributed by atoms with van der Waals surface area (Å²) in [5.74, 6) is 0.781. The van der Waals surface area contributed by atoms with Crippen molar-refractivity contribution in [1.82, 2.24) is 4.90 Å². The van der Waals surface area contributed by atoms with Crippen molar-refractivity contribution in [1.29, 1.82) is 0 Å². The summed E-state index contributed by atoms with van der Waals surface area (Å²) in [6.07, 6.45) is 2.85. The lowest BCUT2D eigenvalue weighted by Gasteiger charge is -2.21. The maximum absolute atomic E-state index is 11.7. The van der Waals surface area contributed by atoms with Crippen LogP contribution in [0.1, 0.15) is 26.2 Å². The van der Waals surface area contributed by atoms with Gasteiger partial charge in [0.15, 0.2) is 0 Å². The first-order valence-corrected chi connectivity index (χ1v) is 4.67. The van der Waals surface area contributed by atoms with E-state index in [1.165, 1.54) is 0 Å². The Balaban J connectivity index is 2.76. The van der Waals surface area contributed by atoms with E-state index in [4.69, 9.17) is 5.73 Å². The Morgan fingerprint density at radius 2 is 2.31 bits per heavy atom. The van der Waals surface area contributed by atoms with Crippen LogP contribution in [0, 0.1) is 0 Å². The van der Waals surface area contributed by atoms with Crippen molar-refractivity contribution in [3.8, 4) is 0 Å². The van der Waals surface area contributed by atoms with Crippen molar-refractivity contribution >= 4 is 11.7 Å². The van der Waals surface area contributed by atoms with E-state index in [2.05, 4.69) is 4.99 Å². The smallest absolute Gasteiger partial charge is 0.244 e. The number of likely N-dealkylation sites (tertiary alicyclic amines) is 1. The molecule has 1 atom stereocenters. The first-order valence-electron chi connectivity index (χ1n) is 4.67. The Labute approximate surface area is 78.8 Å². The number of carbonyl (C=O) groups excluding carboxylic acids is 1. The third-order valence-electron chi connectivity index (χ3n) is 2.44. The van der Waals surface area contributed by atoms with E-state index >= 15 is 0 Å². The van der Waals surface area contributed by atoms with Crippen LogP contribution in [0.25, 0.3) is 0 Å². The first kappa shape index (κ1) is 10.2. The fourth-order valence-corrected chi connectivity index (χ4v) is 1.51. The predicted octanol–water partition coefficient (Wildman–Crippen LogP) is 0.374. The molecule has 0 saturated carbocycles. The number of amides is 1. The molecule has 0 aromatic rings. The van der Waals surface area contributed by atoms with Gasteiger partial charge in [-0.15, -0.1) is 0 Å². The van der Waals surface area contributed by atoms with Gasteiger partial charge in [-0.1, -0.05) is 0 Å². The van der Waals surface area contributed by atoms with Crippen molar-refractivity contribution < 1.29 is 4.79 Å². The van der Waals surface area contributed by atoms with E-state index in [0.717, 1.165) is 31.6 Å². The van der Waals surface area contributed by atoms with E-state index in [1.54, 1.807) is 11.9 Å². The standard InChI is InChI=1S/C9H17N3O/c1-7(11-2)12-6-4-3-5-8(10)9(12)13/h8H,3-6,10H2,1-2H3/t8-/m0/s1. The Bertz CT molecular complexity index is 225. The molecule has 0 spiro atoms. The summed E-state index contributed by atoms with van der Waals surface area (Å²) in [7, 11) is 1.69. The van der Waals surface area contributed by atoms with Crippen LogP contribution < -0.4 is 5.73 Å².